The second kappa shape index (κ2) is 6.69. The fourth-order valence-electron chi connectivity index (χ4n) is 4.62. The number of aromatic amines is 1. The molecule has 1 aliphatic heterocycles. The lowest BCUT2D eigenvalue weighted by atomic mass is 9.95. The van der Waals surface area contributed by atoms with Gasteiger partial charge in [0.25, 0.3) is 0 Å². The zero-order valence-electron chi connectivity index (χ0n) is 18.2. The minimum absolute atomic E-state index is 0.241. The molecular weight excluding hydrogens is 372 g/mol. The molecule has 30 heavy (non-hydrogen) atoms. The van der Waals surface area contributed by atoms with E-state index in [4.69, 9.17) is 4.98 Å². The van der Waals surface area contributed by atoms with Crippen molar-refractivity contribution in [3.05, 3.63) is 64.7 Å². The van der Waals surface area contributed by atoms with Gasteiger partial charge in [0.1, 0.15) is 11.5 Å². The van der Waals surface area contributed by atoms with Crippen LogP contribution in [0.1, 0.15) is 47.8 Å². The smallest absolute Gasteiger partial charge is 0.132 e. The minimum atomic E-state index is -0.241. The van der Waals surface area contributed by atoms with Crippen molar-refractivity contribution in [3.8, 4) is 5.69 Å². The van der Waals surface area contributed by atoms with Crippen molar-refractivity contribution in [2.75, 3.05) is 11.4 Å². The zero-order chi connectivity index (χ0) is 21.0. The van der Waals surface area contributed by atoms with E-state index < -0.39 is 0 Å². The maximum absolute atomic E-state index is 5.04. The van der Waals surface area contributed by atoms with Crippen molar-refractivity contribution in [3.63, 3.8) is 0 Å². The van der Waals surface area contributed by atoms with Crippen LogP contribution in [0.3, 0.4) is 0 Å². The SMILES string of the molecule is Cc1cc2nc([C@]3(C)CCCN3c3c(-n4nccn4)[c]cc(C)c3C)[nH]c2cc1C. The molecule has 1 N–H and O–H groups in total. The second-order valence-electron chi connectivity index (χ2n) is 8.68. The number of H-pyrrole nitrogens is 1. The summed E-state index contributed by atoms with van der Waals surface area (Å²) in [5.41, 5.74) is 8.91. The molecule has 0 aliphatic carbocycles. The van der Waals surface area contributed by atoms with E-state index in [2.05, 4.69) is 72.9 Å². The predicted molar refractivity (Wildman–Crippen MR) is 119 cm³/mol. The highest BCUT2D eigenvalue weighted by atomic mass is 15.5. The summed E-state index contributed by atoms with van der Waals surface area (Å²) in [6.07, 6.45) is 5.55. The maximum Gasteiger partial charge on any atom is 0.132 e. The van der Waals surface area contributed by atoms with E-state index >= 15 is 0 Å². The molecule has 153 valence electrons. The summed E-state index contributed by atoms with van der Waals surface area (Å²) >= 11 is 0. The van der Waals surface area contributed by atoms with Gasteiger partial charge in [-0.2, -0.15) is 10.2 Å². The van der Waals surface area contributed by atoms with Crippen LogP contribution >= 0.6 is 0 Å². The first-order valence-corrected chi connectivity index (χ1v) is 10.5. The van der Waals surface area contributed by atoms with E-state index in [-0.39, 0.29) is 5.54 Å². The molecular formula is C24H27N6. The van der Waals surface area contributed by atoms with Gasteiger partial charge in [-0.05, 0) is 87.9 Å². The van der Waals surface area contributed by atoms with Crippen LogP contribution in [0.15, 0.2) is 30.6 Å². The molecule has 6 heteroatoms. The molecule has 3 heterocycles. The second-order valence-corrected chi connectivity index (χ2v) is 8.68. The highest BCUT2D eigenvalue weighted by molar-refractivity contribution is 5.78. The van der Waals surface area contributed by atoms with Crippen LogP contribution in [0.25, 0.3) is 16.7 Å². The van der Waals surface area contributed by atoms with Crippen molar-refractivity contribution in [2.45, 2.75) is 53.0 Å². The normalized spacial score (nSPS) is 19.2. The molecule has 4 aromatic rings. The van der Waals surface area contributed by atoms with Crippen LogP contribution in [0.4, 0.5) is 5.69 Å². The molecule has 2 aromatic carbocycles. The van der Waals surface area contributed by atoms with E-state index in [1.807, 2.05) is 6.07 Å². The number of hydrogen-bond acceptors (Lipinski definition) is 4. The van der Waals surface area contributed by atoms with Crippen LogP contribution in [0.2, 0.25) is 0 Å². The lowest BCUT2D eigenvalue weighted by molar-refractivity contribution is 0.465. The summed E-state index contributed by atoms with van der Waals surface area (Å²) < 4.78 is 0. The van der Waals surface area contributed by atoms with Gasteiger partial charge in [-0.15, -0.1) is 4.80 Å². The Bertz CT molecular complexity index is 1200. The van der Waals surface area contributed by atoms with Gasteiger partial charge >= 0.3 is 0 Å². The van der Waals surface area contributed by atoms with Crippen LogP contribution in [0.5, 0.6) is 0 Å². The first-order chi connectivity index (χ1) is 14.4. The number of benzene rings is 2. The number of aryl methyl sites for hydroxylation is 3. The van der Waals surface area contributed by atoms with Crippen LogP contribution in [-0.4, -0.2) is 31.5 Å². The maximum atomic E-state index is 5.04. The Balaban J connectivity index is 1.68. The average Bonchev–Trinajstić information content (AvgIpc) is 3.45. The topological polar surface area (TPSA) is 62.6 Å². The lowest BCUT2D eigenvalue weighted by Crippen LogP contribution is -2.40. The molecule has 0 amide bonds. The monoisotopic (exact) mass is 399 g/mol. The van der Waals surface area contributed by atoms with E-state index in [0.29, 0.717) is 0 Å². The highest BCUT2D eigenvalue weighted by Crippen LogP contribution is 2.44. The van der Waals surface area contributed by atoms with Gasteiger partial charge in [0, 0.05) is 12.6 Å². The van der Waals surface area contributed by atoms with E-state index in [9.17, 15) is 0 Å². The molecule has 1 radical (unpaired) electrons. The minimum Gasteiger partial charge on any atom is -0.357 e. The van der Waals surface area contributed by atoms with Crippen molar-refractivity contribution in [1.29, 1.82) is 0 Å². The number of nitrogens with zero attached hydrogens (tertiary/aromatic N) is 5. The number of rotatable bonds is 3. The zero-order valence-corrected chi connectivity index (χ0v) is 18.2. The molecule has 1 saturated heterocycles. The highest BCUT2D eigenvalue weighted by Gasteiger charge is 2.42. The predicted octanol–water partition coefficient (Wildman–Crippen LogP) is 4.69. The Morgan fingerprint density at radius 3 is 2.53 bits per heavy atom. The Kier molecular flexibility index (Phi) is 4.20. The Morgan fingerprint density at radius 2 is 1.77 bits per heavy atom. The average molecular weight is 400 g/mol. The quantitative estimate of drug-likeness (QED) is 0.543. The van der Waals surface area contributed by atoms with Crippen LogP contribution < -0.4 is 4.90 Å². The fourth-order valence-corrected chi connectivity index (χ4v) is 4.62. The number of aromatic nitrogens is 5. The van der Waals surface area contributed by atoms with Crippen LogP contribution in [0, 0.1) is 33.8 Å². The lowest BCUT2D eigenvalue weighted by Gasteiger charge is -2.37. The van der Waals surface area contributed by atoms with Crippen molar-refractivity contribution >= 4 is 16.7 Å². The molecule has 0 spiro atoms. The van der Waals surface area contributed by atoms with Gasteiger partial charge in [0.05, 0.1) is 34.7 Å². The summed E-state index contributed by atoms with van der Waals surface area (Å²) in [6, 6.07) is 9.83. The Hall–Kier alpha value is -3.15. The first kappa shape index (κ1) is 18.9. The molecule has 2 aromatic heterocycles. The van der Waals surface area contributed by atoms with Gasteiger partial charge in [0.15, 0.2) is 0 Å². The Labute approximate surface area is 176 Å². The largest absolute Gasteiger partial charge is 0.357 e. The summed E-state index contributed by atoms with van der Waals surface area (Å²) in [5, 5.41) is 8.78. The molecule has 0 unspecified atom stereocenters. The van der Waals surface area contributed by atoms with Gasteiger partial charge in [-0.3, -0.25) is 0 Å². The molecule has 0 saturated carbocycles. The Morgan fingerprint density at radius 1 is 1.03 bits per heavy atom. The molecule has 0 bridgehead atoms. The number of hydrogen-bond donors (Lipinski definition) is 1. The molecule has 1 fully saturated rings. The first-order valence-electron chi connectivity index (χ1n) is 10.5. The summed E-state index contributed by atoms with van der Waals surface area (Å²) in [5.74, 6) is 1.01. The number of imidazole rings is 1. The van der Waals surface area contributed by atoms with Crippen molar-refractivity contribution in [1.82, 2.24) is 25.0 Å². The van der Waals surface area contributed by atoms with Crippen LogP contribution in [-0.2, 0) is 5.54 Å². The van der Waals surface area contributed by atoms with Gasteiger partial charge in [-0.1, -0.05) is 0 Å². The summed E-state index contributed by atoms with van der Waals surface area (Å²) in [4.78, 5) is 12.8. The summed E-state index contributed by atoms with van der Waals surface area (Å²) in [6.45, 7) is 11.8. The number of nitrogens with one attached hydrogen (secondary N) is 1. The molecule has 6 nitrogen and oxygen atoms in total. The third-order valence-corrected chi connectivity index (χ3v) is 6.73. The third kappa shape index (κ3) is 2.74. The van der Waals surface area contributed by atoms with E-state index in [1.165, 1.54) is 22.3 Å². The molecule has 5 rings (SSSR count). The van der Waals surface area contributed by atoms with Gasteiger partial charge < -0.3 is 9.88 Å². The fraction of sp³-hybridized carbons (Fsp3) is 0.375. The van der Waals surface area contributed by atoms with Gasteiger partial charge in [0.2, 0.25) is 0 Å². The molecule has 1 atom stereocenters. The van der Waals surface area contributed by atoms with Crippen molar-refractivity contribution in [2.24, 2.45) is 0 Å². The summed E-state index contributed by atoms with van der Waals surface area (Å²) in [7, 11) is 0. The van der Waals surface area contributed by atoms with E-state index in [0.717, 1.165) is 47.6 Å². The number of anilines is 1. The standard InChI is InChI=1S/C24H27N6/c1-15-7-8-21(30-25-10-11-26-30)22(18(15)4)29-12-6-9-24(29,5)23-27-19-13-16(2)17(3)14-20(19)28-23/h7,10-11,13-14H,6,9,12H2,1-5H3,(H,27,28)/t24-/m0/s1. The van der Waals surface area contributed by atoms with Gasteiger partial charge in [-0.25, -0.2) is 4.98 Å². The number of fused-ring (bicyclic) bond motifs is 1. The molecule has 1 aliphatic rings. The third-order valence-electron chi connectivity index (χ3n) is 6.73. The van der Waals surface area contributed by atoms with Crippen molar-refractivity contribution < 1.29 is 0 Å². The van der Waals surface area contributed by atoms with E-state index in [1.54, 1.807) is 17.2 Å².